The van der Waals surface area contributed by atoms with E-state index in [2.05, 4.69) is 238 Å². The molecule has 56 heavy (non-hydrogen) atoms. The fourth-order valence-electron chi connectivity index (χ4n) is 8.73. The summed E-state index contributed by atoms with van der Waals surface area (Å²) in [6.45, 7) is 6.83. The van der Waals surface area contributed by atoms with Crippen LogP contribution in [0.2, 0.25) is 0 Å². The third kappa shape index (κ3) is 5.82. The highest BCUT2D eigenvalue weighted by Gasteiger charge is 2.35. The zero-order valence-corrected chi connectivity index (χ0v) is 34.6. The Morgan fingerprint density at radius 3 is 1.68 bits per heavy atom. The van der Waals surface area contributed by atoms with Gasteiger partial charge in [-0.05, 0) is 124 Å². The van der Waals surface area contributed by atoms with Gasteiger partial charge >= 0.3 is 0 Å². The van der Waals surface area contributed by atoms with Crippen molar-refractivity contribution in [1.82, 2.24) is 4.57 Å². The largest absolute Gasteiger partial charge is 0.310 e. The number of rotatable bonds is 6. The molecule has 10 rings (SSSR count). The number of anilines is 3. The molecule has 0 radical (unpaired) electrons. The van der Waals surface area contributed by atoms with E-state index in [1.165, 1.54) is 71.9 Å². The summed E-state index contributed by atoms with van der Waals surface area (Å²) in [5.74, 6) is 0. The minimum absolute atomic E-state index is 0.0952. The highest BCUT2D eigenvalue weighted by atomic mass is 79.9. The van der Waals surface area contributed by atoms with E-state index in [1.54, 1.807) is 0 Å². The van der Waals surface area contributed by atoms with Crippen molar-refractivity contribution in [3.8, 4) is 39.1 Å². The maximum atomic E-state index is 3.71. The average molecular weight is 851 g/mol. The Bertz CT molecular complexity index is 2930. The molecule has 0 saturated heterocycles. The SMILES string of the molecule is Cc1ccc(-c2ccc(N(c3ccc(-c4ccc5c(c4)c4ccccc4n5-c4cc(Br)cc(Br)c4)cc3)c3ccc4c(c3)C(C)(C)c3ccccc3-4)cc2)cc1. The normalized spacial score (nSPS) is 12.9. The van der Waals surface area contributed by atoms with Crippen molar-refractivity contribution < 1.29 is 0 Å². The zero-order valence-electron chi connectivity index (χ0n) is 31.4. The molecule has 0 spiro atoms. The lowest BCUT2D eigenvalue weighted by Crippen LogP contribution is -2.16. The fourth-order valence-corrected chi connectivity index (χ4v) is 10.00. The van der Waals surface area contributed by atoms with E-state index in [4.69, 9.17) is 0 Å². The minimum Gasteiger partial charge on any atom is -0.310 e. The quantitative estimate of drug-likeness (QED) is 0.162. The molecule has 0 unspecified atom stereocenters. The second kappa shape index (κ2) is 13.5. The van der Waals surface area contributed by atoms with Gasteiger partial charge in [-0.25, -0.2) is 0 Å². The first-order valence-corrected chi connectivity index (χ1v) is 20.6. The number of para-hydroxylation sites is 1. The molecule has 0 amide bonds. The van der Waals surface area contributed by atoms with Crippen molar-refractivity contribution in [1.29, 1.82) is 0 Å². The van der Waals surface area contributed by atoms with Gasteiger partial charge in [0.05, 0.1) is 11.0 Å². The Morgan fingerprint density at radius 2 is 0.982 bits per heavy atom. The van der Waals surface area contributed by atoms with Gasteiger partial charge in [0.15, 0.2) is 0 Å². The second-order valence-electron chi connectivity index (χ2n) is 15.4. The predicted octanol–water partition coefficient (Wildman–Crippen LogP) is 15.7. The van der Waals surface area contributed by atoms with Crippen LogP contribution in [-0.4, -0.2) is 4.57 Å². The molecule has 8 aromatic carbocycles. The van der Waals surface area contributed by atoms with E-state index in [1.807, 2.05) is 0 Å². The first-order chi connectivity index (χ1) is 27.2. The molecule has 0 bridgehead atoms. The van der Waals surface area contributed by atoms with Crippen molar-refractivity contribution in [3.05, 3.63) is 202 Å². The summed E-state index contributed by atoms with van der Waals surface area (Å²) in [5.41, 5.74) is 18.2. The Kier molecular flexibility index (Phi) is 8.39. The Balaban J connectivity index is 1.07. The fraction of sp³-hybridized carbons (Fsp3) is 0.0769. The third-order valence-corrected chi connectivity index (χ3v) is 12.5. The number of benzene rings is 8. The first-order valence-electron chi connectivity index (χ1n) is 19.0. The van der Waals surface area contributed by atoms with Gasteiger partial charge in [-0.2, -0.15) is 0 Å². The van der Waals surface area contributed by atoms with Crippen LogP contribution in [0.25, 0.3) is 60.9 Å². The van der Waals surface area contributed by atoms with Crippen LogP contribution in [-0.2, 0) is 5.41 Å². The van der Waals surface area contributed by atoms with Crippen molar-refractivity contribution in [3.63, 3.8) is 0 Å². The van der Waals surface area contributed by atoms with Crippen LogP contribution in [0.3, 0.4) is 0 Å². The van der Waals surface area contributed by atoms with E-state index in [0.717, 1.165) is 31.7 Å². The number of aromatic nitrogens is 1. The van der Waals surface area contributed by atoms with Crippen LogP contribution in [0, 0.1) is 6.92 Å². The molecule has 0 fully saturated rings. The maximum Gasteiger partial charge on any atom is 0.0541 e. The van der Waals surface area contributed by atoms with Crippen molar-refractivity contribution in [2.45, 2.75) is 26.2 Å². The van der Waals surface area contributed by atoms with Crippen LogP contribution >= 0.6 is 31.9 Å². The van der Waals surface area contributed by atoms with Crippen molar-refractivity contribution >= 4 is 70.7 Å². The molecule has 0 saturated carbocycles. The molecule has 1 aliphatic rings. The van der Waals surface area contributed by atoms with Crippen molar-refractivity contribution in [2.75, 3.05) is 4.90 Å². The summed E-state index contributed by atoms with van der Waals surface area (Å²) < 4.78 is 4.43. The molecule has 1 aromatic heterocycles. The van der Waals surface area contributed by atoms with E-state index < -0.39 is 0 Å². The molecule has 4 heteroatoms. The molecule has 9 aromatic rings. The molecule has 0 N–H and O–H groups in total. The standard InChI is InChI=1S/C52H38Br2N2/c1-33-12-14-34(15-13-33)35-16-21-40(22-17-35)55(42-25-26-45-44-8-4-6-10-48(44)52(2,3)49(45)32-42)41-23-18-36(19-24-41)37-20-27-51-47(28-37)46-9-5-7-11-50(46)56(51)43-30-38(53)29-39(54)31-43/h4-32H,1-3H3. The molecule has 0 aliphatic heterocycles. The van der Waals surface area contributed by atoms with Crippen LogP contribution in [0.1, 0.15) is 30.5 Å². The smallest absolute Gasteiger partial charge is 0.0541 e. The molecule has 270 valence electrons. The van der Waals surface area contributed by atoms with Crippen LogP contribution in [0.15, 0.2) is 185 Å². The van der Waals surface area contributed by atoms with Crippen LogP contribution in [0.4, 0.5) is 17.1 Å². The molecule has 1 heterocycles. The highest BCUT2D eigenvalue weighted by molar-refractivity contribution is 9.11. The number of aryl methyl sites for hydroxylation is 1. The van der Waals surface area contributed by atoms with Crippen LogP contribution < -0.4 is 4.90 Å². The van der Waals surface area contributed by atoms with E-state index in [9.17, 15) is 0 Å². The topological polar surface area (TPSA) is 8.17 Å². The summed E-state index contributed by atoms with van der Waals surface area (Å²) in [4.78, 5) is 2.40. The Morgan fingerprint density at radius 1 is 0.446 bits per heavy atom. The van der Waals surface area contributed by atoms with E-state index >= 15 is 0 Å². The number of hydrogen-bond acceptors (Lipinski definition) is 1. The lowest BCUT2D eigenvalue weighted by atomic mass is 9.82. The van der Waals surface area contributed by atoms with Gasteiger partial charge in [-0.3, -0.25) is 0 Å². The van der Waals surface area contributed by atoms with Gasteiger partial charge in [-0.1, -0.05) is 154 Å². The summed E-state index contributed by atoms with van der Waals surface area (Å²) in [6, 6.07) is 64.7. The van der Waals surface area contributed by atoms with Gasteiger partial charge in [-0.15, -0.1) is 0 Å². The average Bonchev–Trinajstić information content (AvgIpc) is 3.66. The Hall–Kier alpha value is -5.68. The highest BCUT2D eigenvalue weighted by Crippen LogP contribution is 2.50. The zero-order chi connectivity index (χ0) is 38.1. The molecule has 0 atom stereocenters. The number of nitrogens with zero attached hydrogens (tertiary/aromatic N) is 2. The van der Waals surface area contributed by atoms with Gasteiger partial charge in [0, 0.05) is 47.9 Å². The lowest BCUT2D eigenvalue weighted by molar-refractivity contribution is 0.660. The summed E-state index contributed by atoms with van der Waals surface area (Å²) in [5, 5.41) is 2.47. The van der Waals surface area contributed by atoms with Gasteiger partial charge < -0.3 is 9.47 Å². The molecular weight excluding hydrogens is 812 g/mol. The van der Waals surface area contributed by atoms with E-state index in [-0.39, 0.29) is 5.41 Å². The van der Waals surface area contributed by atoms with Gasteiger partial charge in [0.25, 0.3) is 0 Å². The van der Waals surface area contributed by atoms with E-state index in [0.29, 0.717) is 0 Å². The Labute approximate surface area is 345 Å². The molecule has 1 aliphatic carbocycles. The van der Waals surface area contributed by atoms with Crippen LogP contribution in [0.5, 0.6) is 0 Å². The number of fused-ring (bicyclic) bond motifs is 6. The summed E-state index contributed by atoms with van der Waals surface area (Å²) >= 11 is 7.41. The third-order valence-electron chi connectivity index (χ3n) is 11.6. The lowest BCUT2D eigenvalue weighted by Gasteiger charge is -2.28. The minimum atomic E-state index is -0.0952. The number of halogens is 2. The van der Waals surface area contributed by atoms with Crippen molar-refractivity contribution in [2.24, 2.45) is 0 Å². The monoisotopic (exact) mass is 848 g/mol. The number of hydrogen-bond donors (Lipinski definition) is 0. The first kappa shape index (κ1) is 34.8. The summed E-state index contributed by atoms with van der Waals surface area (Å²) in [6.07, 6.45) is 0. The van der Waals surface area contributed by atoms with Gasteiger partial charge in [0.1, 0.15) is 0 Å². The molecule has 2 nitrogen and oxygen atoms in total. The molecular formula is C52H38Br2N2. The van der Waals surface area contributed by atoms with Gasteiger partial charge in [0.2, 0.25) is 0 Å². The predicted molar refractivity (Wildman–Crippen MR) is 244 cm³/mol. The second-order valence-corrected chi connectivity index (χ2v) is 17.2. The maximum absolute atomic E-state index is 3.71. The summed E-state index contributed by atoms with van der Waals surface area (Å²) in [7, 11) is 0.